The number of amides is 1. The highest BCUT2D eigenvalue weighted by Gasteiger charge is 2.13. The molecule has 1 aromatic carbocycles. The molecule has 0 unspecified atom stereocenters. The quantitative estimate of drug-likeness (QED) is 0.485. The van der Waals surface area contributed by atoms with Crippen LogP contribution in [0.2, 0.25) is 5.02 Å². The first kappa shape index (κ1) is 12.9. The topological polar surface area (TPSA) is 110 Å². The lowest BCUT2D eigenvalue weighted by Gasteiger charge is -2.05. The monoisotopic (exact) mass is 258 g/mol. The van der Waals surface area contributed by atoms with Crippen molar-refractivity contribution >= 4 is 34.9 Å². The molecule has 90 valence electrons. The Morgan fingerprint density at radius 2 is 2.12 bits per heavy atom. The number of carboxylic acids is 1. The van der Waals surface area contributed by atoms with Crippen molar-refractivity contribution in [1.29, 1.82) is 0 Å². The van der Waals surface area contributed by atoms with Crippen LogP contribution in [0.15, 0.2) is 18.2 Å². The first-order valence-electron chi connectivity index (χ1n) is 4.35. The lowest BCUT2D eigenvalue weighted by atomic mass is 10.2. The van der Waals surface area contributed by atoms with Gasteiger partial charge in [-0.15, -0.1) is 0 Å². The van der Waals surface area contributed by atoms with Gasteiger partial charge in [0.2, 0.25) is 5.91 Å². The van der Waals surface area contributed by atoms with E-state index in [1.807, 2.05) is 0 Å². The van der Waals surface area contributed by atoms with Crippen LogP contribution in [0, 0.1) is 10.1 Å². The highest BCUT2D eigenvalue weighted by atomic mass is 35.5. The second kappa shape index (κ2) is 5.26. The predicted octanol–water partition coefficient (Wildman–Crippen LogP) is 1.66. The van der Waals surface area contributed by atoms with Crippen LogP contribution in [0.1, 0.15) is 6.42 Å². The SMILES string of the molecule is O=C(O)CC(=O)Nc1ccc([N+](=O)[O-])cc1Cl. The van der Waals surface area contributed by atoms with E-state index >= 15 is 0 Å². The summed E-state index contributed by atoms with van der Waals surface area (Å²) in [5.74, 6) is -2.03. The number of nitrogens with zero attached hydrogens (tertiary/aromatic N) is 1. The minimum absolute atomic E-state index is 0.0297. The van der Waals surface area contributed by atoms with E-state index in [1.54, 1.807) is 0 Å². The molecule has 0 aliphatic carbocycles. The number of nitro benzene ring substituents is 1. The highest BCUT2D eigenvalue weighted by Crippen LogP contribution is 2.26. The lowest BCUT2D eigenvalue weighted by Crippen LogP contribution is -2.16. The number of nitro groups is 1. The zero-order valence-electron chi connectivity index (χ0n) is 8.34. The summed E-state index contributed by atoms with van der Waals surface area (Å²) in [6, 6.07) is 3.46. The van der Waals surface area contributed by atoms with E-state index in [0.717, 1.165) is 12.1 Å². The molecule has 0 atom stereocenters. The number of non-ortho nitro benzene ring substituents is 1. The summed E-state index contributed by atoms with van der Waals surface area (Å²) in [5, 5.41) is 21.0. The zero-order chi connectivity index (χ0) is 13.0. The largest absolute Gasteiger partial charge is 0.481 e. The molecule has 0 radical (unpaired) electrons. The van der Waals surface area contributed by atoms with Gasteiger partial charge < -0.3 is 10.4 Å². The number of nitrogens with one attached hydrogen (secondary N) is 1. The molecule has 0 saturated heterocycles. The van der Waals surface area contributed by atoms with Gasteiger partial charge in [-0.1, -0.05) is 11.6 Å². The number of carboxylic acid groups (broad SMARTS) is 1. The summed E-state index contributed by atoms with van der Waals surface area (Å²) < 4.78 is 0. The van der Waals surface area contributed by atoms with E-state index < -0.39 is 23.2 Å². The molecule has 0 saturated carbocycles. The van der Waals surface area contributed by atoms with Crippen molar-refractivity contribution < 1.29 is 19.6 Å². The number of carbonyl (C=O) groups is 2. The summed E-state index contributed by atoms with van der Waals surface area (Å²) in [5.41, 5.74) is -0.0882. The fraction of sp³-hybridized carbons (Fsp3) is 0.111. The molecule has 8 heteroatoms. The fourth-order valence-corrected chi connectivity index (χ4v) is 1.27. The van der Waals surface area contributed by atoms with Gasteiger partial charge in [0, 0.05) is 12.1 Å². The first-order chi connectivity index (χ1) is 7.90. The number of rotatable bonds is 4. The van der Waals surface area contributed by atoms with Crippen molar-refractivity contribution in [2.24, 2.45) is 0 Å². The maximum Gasteiger partial charge on any atom is 0.312 e. The molecule has 1 amide bonds. The average Bonchev–Trinajstić information content (AvgIpc) is 2.19. The van der Waals surface area contributed by atoms with Crippen LogP contribution in [-0.4, -0.2) is 21.9 Å². The Hall–Kier alpha value is -2.15. The van der Waals surface area contributed by atoms with E-state index in [2.05, 4.69) is 5.32 Å². The number of hydrogen-bond donors (Lipinski definition) is 2. The minimum Gasteiger partial charge on any atom is -0.481 e. The number of aliphatic carboxylic acids is 1. The lowest BCUT2D eigenvalue weighted by molar-refractivity contribution is -0.384. The second-order valence-electron chi connectivity index (χ2n) is 3.04. The van der Waals surface area contributed by atoms with E-state index in [-0.39, 0.29) is 16.4 Å². The van der Waals surface area contributed by atoms with Crippen LogP contribution in [0.25, 0.3) is 0 Å². The van der Waals surface area contributed by atoms with Gasteiger partial charge >= 0.3 is 5.97 Å². The van der Waals surface area contributed by atoms with Gasteiger partial charge in [-0.3, -0.25) is 19.7 Å². The molecular weight excluding hydrogens is 252 g/mol. The molecule has 0 spiro atoms. The molecule has 7 nitrogen and oxygen atoms in total. The third kappa shape index (κ3) is 3.72. The minimum atomic E-state index is -1.28. The standard InChI is InChI=1S/C9H7ClN2O5/c10-6-3-5(12(16)17)1-2-7(6)11-8(13)4-9(14)15/h1-3H,4H2,(H,11,13)(H,14,15). The molecule has 1 aromatic rings. The Labute approximate surface area is 100 Å². The van der Waals surface area contributed by atoms with Crippen molar-refractivity contribution in [3.8, 4) is 0 Å². The van der Waals surface area contributed by atoms with Gasteiger partial charge in [-0.05, 0) is 6.07 Å². The third-order valence-electron chi connectivity index (χ3n) is 1.75. The van der Waals surface area contributed by atoms with E-state index in [0.29, 0.717) is 0 Å². The maximum atomic E-state index is 11.1. The second-order valence-corrected chi connectivity index (χ2v) is 3.45. The summed E-state index contributed by atoms with van der Waals surface area (Å²) in [6.07, 6.45) is -0.701. The van der Waals surface area contributed by atoms with E-state index in [4.69, 9.17) is 16.7 Å². The van der Waals surface area contributed by atoms with Crippen molar-refractivity contribution in [2.45, 2.75) is 6.42 Å². The molecule has 0 aromatic heterocycles. The Bertz CT molecular complexity index is 488. The van der Waals surface area contributed by atoms with Crippen LogP contribution >= 0.6 is 11.6 Å². The summed E-state index contributed by atoms with van der Waals surface area (Å²) in [4.78, 5) is 31.1. The summed E-state index contributed by atoms with van der Waals surface area (Å²) in [7, 11) is 0. The Morgan fingerprint density at radius 3 is 2.59 bits per heavy atom. The maximum absolute atomic E-state index is 11.1. The van der Waals surface area contributed by atoms with Gasteiger partial charge in [-0.2, -0.15) is 0 Å². The molecule has 0 heterocycles. The van der Waals surface area contributed by atoms with Crippen molar-refractivity contribution in [3.05, 3.63) is 33.3 Å². The first-order valence-corrected chi connectivity index (χ1v) is 4.73. The summed E-state index contributed by atoms with van der Waals surface area (Å²) >= 11 is 5.69. The van der Waals surface area contributed by atoms with Crippen LogP contribution in [-0.2, 0) is 9.59 Å². The van der Waals surface area contributed by atoms with Crippen molar-refractivity contribution in [1.82, 2.24) is 0 Å². The smallest absolute Gasteiger partial charge is 0.312 e. The Morgan fingerprint density at radius 1 is 1.47 bits per heavy atom. The van der Waals surface area contributed by atoms with Crippen molar-refractivity contribution in [2.75, 3.05) is 5.32 Å². The van der Waals surface area contributed by atoms with Gasteiger partial charge in [0.1, 0.15) is 6.42 Å². The fourth-order valence-electron chi connectivity index (χ4n) is 1.05. The average molecular weight is 259 g/mol. The van der Waals surface area contributed by atoms with Gasteiger partial charge in [0.15, 0.2) is 0 Å². The molecule has 17 heavy (non-hydrogen) atoms. The van der Waals surface area contributed by atoms with Crippen LogP contribution in [0.3, 0.4) is 0 Å². The third-order valence-corrected chi connectivity index (χ3v) is 2.06. The van der Waals surface area contributed by atoms with Gasteiger partial charge in [0.05, 0.1) is 15.6 Å². The number of carbonyl (C=O) groups excluding carboxylic acids is 1. The van der Waals surface area contributed by atoms with Crippen LogP contribution in [0.4, 0.5) is 11.4 Å². The van der Waals surface area contributed by atoms with Crippen LogP contribution in [0.5, 0.6) is 0 Å². The van der Waals surface area contributed by atoms with Crippen molar-refractivity contribution in [3.63, 3.8) is 0 Å². The summed E-state index contributed by atoms with van der Waals surface area (Å²) in [6.45, 7) is 0. The molecule has 0 aliphatic rings. The number of anilines is 1. The molecular formula is C9H7ClN2O5. The molecule has 0 fully saturated rings. The number of benzene rings is 1. The molecule has 0 bridgehead atoms. The normalized spacial score (nSPS) is 9.71. The van der Waals surface area contributed by atoms with E-state index in [1.165, 1.54) is 6.07 Å². The van der Waals surface area contributed by atoms with Gasteiger partial charge in [-0.25, -0.2) is 0 Å². The highest BCUT2D eigenvalue weighted by molar-refractivity contribution is 6.34. The molecule has 1 rings (SSSR count). The Kier molecular flexibility index (Phi) is 4.00. The molecule has 0 aliphatic heterocycles. The molecule has 2 N–H and O–H groups in total. The van der Waals surface area contributed by atoms with E-state index in [9.17, 15) is 19.7 Å². The van der Waals surface area contributed by atoms with Crippen LogP contribution < -0.4 is 5.32 Å². The van der Waals surface area contributed by atoms with Gasteiger partial charge in [0.25, 0.3) is 5.69 Å². The Balaban J connectivity index is 2.83. The number of hydrogen-bond acceptors (Lipinski definition) is 4. The number of halogens is 1. The predicted molar refractivity (Wildman–Crippen MR) is 59.0 cm³/mol. The zero-order valence-corrected chi connectivity index (χ0v) is 9.10.